The van der Waals surface area contributed by atoms with Crippen LogP contribution in [0, 0.1) is 18.8 Å². The van der Waals surface area contributed by atoms with Crippen LogP contribution in [-0.2, 0) is 14.1 Å². The predicted molar refractivity (Wildman–Crippen MR) is 99.3 cm³/mol. The third-order valence-electron chi connectivity index (χ3n) is 5.88. The molecule has 2 aliphatic rings. The quantitative estimate of drug-likeness (QED) is 0.661. The molecular weight excluding hydrogens is 344 g/mol. The summed E-state index contributed by atoms with van der Waals surface area (Å²) in [5.74, 6) is 1.84. The van der Waals surface area contributed by atoms with E-state index in [4.69, 9.17) is 0 Å². The number of nitrogens with zero attached hydrogens (tertiary/aromatic N) is 8. The van der Waals surface area contributed by atoms with E-state index in [-0.39, 0.29) is 5.91 Å². The fraction of sp³-hybridized carbons (Fsp3) is 0.500. The van der Waals surface area contributed by atoms with E-state index in [0.29, 0.717) is 17.5 Å². The Morgan fingerprint density at radius 1 is 1.07 bits per heavy atom. The van der Waals surface area contributed by atoms with E-state index < -0.39 is 0 Å². The zero-order valence-electron chi connectivity index (χ0n) is 15.7. The second-order valence-corrected chi connectivity index (χ2v) is 7.65. The van der Waals surface area contributed by atoms with Gasteiger partial charge in [-0.2, -0.15) is 5.10 Å². The summed E-state index contributed by atoms with van der Waals surface area (Å²) in [6.45, 7) is 5.27. The number of fused-ring (bicyclic) bond motifs is 2. The summed E-state index contributed by atoms with van der Waals surface area (Å²) in [5, 5.41) is 4.34. The van der Waals surface area contributed by atoms with Crippen molar-refractivity contribution >= 4 is 22.9 Å². The van der Waals surface area contributed by atoms with Crippen molar-refractivity contribution in [3.05, 3.63) is 30.1 Å². The van der Waals surface area contributed by atoms with Gasteiger partial charge in [0, 0.05) is 57.8 Å². The molecule has 0 bridgehead atoms. The van der Waals surface area contributed by atoms with Crippen LogP contribution in [0.1, 0.15) is 16.2 Å². The third-order valence-corrected chi connectivity index (χ3v) is 5.88. The molecule has 0 aliphatic carbocycles. The zero-order valence-corrected chi connectivity index (χ0v) is 15.7. The van der Waals surface area contributed by atoms with E-state index in [0.717, 1.165) is 48.9 Å². The molecule has 0 saturated carbocycles. The largest absolute Gasteiger partial charge is 0.354 e. The maximum absolute atomic E-state index is 12.8. The molecule has 0 aromatic carbocycles. The number of carbonyl (C=O) groups is 1. The fourth-order valence-corrected chi connectivity index (χ4v) is 4.32. The molecule has 0 N–H and O–H groups in total. The van der Waals surface area contributed by atoms with E-state index in [1.807, 2.05) is 36.6 Å². The topological polar surface area (TPSA) is 85.0 Å². The highest BCUT2D eigenvalue weighted by atomic mass is 16.2. The van der Waals surface area contributed by atoms with Crippen LogP contribution in [0.5, 0.6) is 0 Å². The number of imidazole rings is 1. The van der Waals surface area contributed by atoms with Gasteiger partial charge >= 0.3 is 0 Å². The molecule has 140 valence electrons. The molecule has 2 atom stereocenters. The van der Waals surface area contributed by atoms with Gasteiger partial charge in [-0.15, -0.1) is 0 Å². The first-order chi connectivity index (χ1) is 13.0. The highest BCUT2D eigenvalue weighted by molar-refractivity contribution is 5.92. The number of hydrogen-bond donors (Lipinski definition) is 0. The Morgan fingerprint density at radius 2 is 1.81 bits per heavy atom. The summed E-state index contributed by atoms with van der Waals surface area (Å²) < 4.78 is 3.66. The molecule has 0 spiro atoms. The van der Waals surface area contributed by atoms with E-state index in [1.54, 1.807) is 17.3 Å². The first kappa shape index (κ1) is 16.2. The number of aryl methyl sites for hydroxylation is 3. The summed E-state index contributed by atoms with van der Waals surface area (Å²) in [7, 11) is 3.80. The molecule has 3 aromatic heterocycles. The number of rotatable bonds is 2. The predicted octanol–water partition coefficient (Wildman–Crippen LogP) is 0.614. The number of hydrogen-bond acceptors (Lipinski definition) is 6. The summed E-state index contributed by atoms with van der Waals surface area (Å²) in [4.78, 5) is 30.3. The normalized spacial score (nSPS) is 22.0. The van der Waals surface area contributed by atoms with Crippen LogP contribution in [0.2, 0.25) is 0 Å². The molecule has 27 heavy (non-hydrogen) atoms. The Labute approximate surface area is 156 Å². The summed E-state index contributed by atoms with van der Waals surface area (Å²) >= 11 is 0. The second-order valence-electron chi connectivity index (χ2n) is 7.65. The fourth-order valence-electron chi connectivity index (χ4n) is 4.32. The van der Waals surface area contributed by atoms with Gasteiger partial charge in [0.1, 0.15) is 6.33 Å². The van der Waals surface area contributed by atoms with Crippen LogP contribution in [0.15, 0.2) is 18.7 Å². The van der Waals surface area contributed by atoms with Crippen molar-refractivity contribution in [2.24, 2.45) is 25.9 Å². The van der Waals surface area contributed by atoms with Crippen LogP contribution >= 0.6 is 0 Å². The number of aromatic nitrogens is 6. The van der Waals surface area contributed by atoms with Gasteiger partial charge in [0.2, 0.25) is 0 Å². The number of anilines is 1. The second kappa shape index (κ2) is 5.77. The number of carbonyl (C=O) groups excluding carboxylic acids is 1. The van der Waals surface area contributed by atoms with Crippen LogP contribution in [0.3, 0.4) is 0 Å². The van der Waals surface area contributed by atoms with Gasteiger partial charge in [-0.3, -0.25) is 9.48 Å². The smallest absolute Gasteiger partial charge is 0.274 e. The Balaban J connectivity index is 1.32. The van der Waals surface area contributed by atoms with E-state index in [2.05, 4.69) is 25.0 Å². The van der Waals surface area contributed by atoms with E-state index in [1.165, 1.54) is 0 Å². The molecular formula is C18H22N8O. The maximum Gasteiger partial charge on any atom is 0.274 e. The van der Waals surface area contributed by atoms with Crippen molar-refractivity contribution in [1.29, 1.82) is 0 Å². The highest BCUT2D eigenvalue weighted by Gasteiger charge is 2.43. The number of likely N-dealkylation sites (tertiary alicyclic amines) is 1. The van der Waals surface area contributed by atoms with Gasteiger partial charge in [-0.05, 0) is 13.0 Å². The molecule has 2 fully saturated rings. The zero-order chi connectivity index (χ0) is 18.7. The van der Waals surface area contributed by atoms with Gasteiger partial charge in [-0.25, -0.2) is 15.0 Å². The molecule has 9 nitrogen and oxygen atoms in total. The van der Waals surface area contributed by atoms with Gasteiger partial charge in [0.15, 0.2) is 22.7 Å². The first-order valence-corrected chi connectivity index (χ1v) is 9.18. The minimum absolute atomic E-state index is 0.0359. The van der Waals surface area contributed by atoms with Crippen molar-refractivity contribution < 1.29 is 4.79 Å². The monoisotopic (exact) mass is 366 g/mol. The van der Waals surface area contributed by atoms with Crippen LogP contribution < -0.4 is 4.90 Å². The molecule has 1 amide bonds. The van der Waals surface area contributed by atoms with Crippen LogP contribution in [0.4, 0.5) is 5.82 Å². The lowest BCUT2D eigenvalue weighted by molar-refractivity contribution is 0.0776. The lowest BCUT2D eigenvalue weighted by Gasteiger charge is -2.22. The molecule has 5 rings (SSSR count). The molecule has 9 heteroatoms. The Morgan fingerprint density at radius 3 is 2.48 bits per heavy atom. The van der Waals surface area contributed by atoms with E-state index >= 15 is 0 Å². The molecule has 2 unspecified atom stereocenters. The average molecular weight is 366 g/mol. The van der Waals surface area contributed by atoms with Gasteiger partial charge in [0.05, 0.1) is 6.33 Å². The maximum atomic E-state index is 12.8. The van der Waals surface area contributed by atoms with Gasteiger partial charge in [-0.1, -0.05) is 0 Å². The molecule has 0 radical (unpaired) electrons. The minimum Gasteiger partial charge on any atom is -0.354 e. The lowest BCUT2D eigenvalue weighted by atomic mass is 10.0. The standard InChI is InChI=1S/C18H22N8O/c1-11-4-14(22-24(11)3)18(27)26-7-12-5-25(6-13(12)8-26)17-15-16(19-9-20-17)23(2)10-21-15/h4,9-10,12-13H,5-8H2,1-3H3. The van der Waals surface area contributed by atoms with Gasteiger partial charge < -0.3 is 14.4 Å². The Bertz CT molecular complexity index is 1000. The Hall–Kier alpha value is -2.97. The first-order valence-electron chi connectivity index (χ1n) is 9.18. The van der Waals surface area contributed by atoms with E-state index in [9.17, 15) is 4.79 Å². The SMILES string of the molecule is Cc1cc(C(=O)N2CC3CN(c4ncnc5c4ncn5C)CC3C2)nn1C. The Kier molecular flexibility index (Phi) is 3.46. The number of amides is 1. The van der Waals surface area contributed by atoms with Crippen molar-refractivity contribution in [2.45, 2.75) is 6.92 Å². The van der Waals surface area contributed by atoms with Crippen molar-refractivity contribution in [1.82, 2.24) is 34.2 Å². The molecule has 2 saturated heterocycles. The minimum atomic E-state index is 0.0359. The summed E-state index contributed by atoms with van der Waals surface area (Å²) in [6, 6.07) is 1.86. The highest BCUT2D eigenvalue weighted by Crippen LogP contribution is 2.35. The van der Waals surface area contributed by atoms with Crippen molar-refractivity contribution in [2.75, 3.05) is 31.1 Å². The van der Waals surface area contributed by atoms with Crippen molar-refractivity contribution in [3.8, 4) is 0 Å². The third kappa shape index (κ3) is 2.48. The van der Waals surface area contributed by atoms with Crippen LogP contribution in [-0.4, -0.2) is 66.3 Å². The van der Waals surface area contributed by atoms with Crippen LogP contribution in [0.25, 0.3) is 11.2 Å². The summed E-state index contributed by atoms with van der Waals surface area (Å²) in [5.41, 5.74) is 3.22. The molecule has 2 aliphatic heterocycles. The average Bonchev–Trinajstić information content (AvgIpc) is 3.39. The lowest BCUT2D eigenvalue weighted by Crippen LogP contribution is -2.33. The summed E-state index contributed by atoms with van der Waals surface area (Å²) in [6.07, 6.45) is 3.38. The van der Waals surface area contributed by atoms with Gasteiger partial charge in [0.25, 0.3) is 5.91 Å². The molecule has 3 aromatic rings. The molecule has 5 heterocycles. The van der Waals surface area contributed by atoms with Crippen molar-refractivity contribution in [3.63, 3.8) is 0 Å².